The van der Waals surface area contributed by atoms with Crippen LogP contribution < -0.4 is 14.4 Å². The first-order chi connectivity index (χ1) is 16.9. The van der Waals surface area contributed by atoms with Crippen LogP contribution in [0.25, 0.3) is 0 Å². The van der Waals surface area contributed by atoms with Crippen molar-refractivity contribution in [3.63, 3.8) is 0 Å². The summed E-state index contributed by atoms with van der Waals surface area (Å²) in [6, 6.07) is 21.1. The Morgan fingerprint density at radius 3 is 2.28 bits per heavy atom. The van der Waals surface area contributed by atoms with Crippen molar-refractivity contribution in [3.05, 3.63) is 88.9 Å². The number of sulfonamides is 1. The summed E-state index contributed by atoms with van der Waals surface area (Å²) in [7, 11) is -2.56. The Kier molecular flexibility index (Phi) is 8.69. The number of anilines is 1. The lowest BCUT2D eigenvalue weighted by molar-refractivity contribution is -0.120. The van der Waals surface area contributed by atoms with Crippen LogP contribution in [0, 0.1) is 6.92 Å². The second kappa shape index (κ2) is 11.4. The first kappa shape index (κ1) is 27.6. The summed E-state index contributed by atoms with van der Waals surface area (Å²) < 4.78 is 33.5. The van der Waals surface area contributed by atoms with Gasteiger partial charge in [-0.25, -0.2) is 8.42 Å². The van der Waals surface area contributed by atoms with Gasteiger partial charge in [-0.2, -0.15) is 0 Å². The molecule has 6 nitrogen and oxygen atoms in total. The lowest BCUT2D eigenvalue weighted by atomic mass is 9.79. The number of nitrogens with zero attached hydrogens (tertiary/aromatic N) is 1. The molecule has 1 N–H and O–H groups in total. The normalized spacial score (nSPS) is 12.6. The van der Waals surface area contributed by atoms with E-state index < -0.39 is 22.5 Å². The van der Waals surface area contributed by atoms with Crippen molar-refractivity contribution in [2.75, 3.05) is 18.0 Å². The molecule has 0 bridgehead atoms. The zero-order chi connectivity index (χ0) is 26.5. The molecule has 0 aliphatic heterocycles. The molecule has 3 rings (SSSR count). The maximum atomic E-state index is 13.6. The van der Waals surface area contributed by atoms with Gasteiger partial charge in [0.2, 0.25) is 5.91 Å². The number of hydrogen-bond donors (Lipinski definition) is 1. The van der Waals surface area contributed by atoms with Crippen molar-refractivity contribution >= 4 is 33.2 Å². The first-order valence-corrected chi connectivity index (χ1v) is 13.5. The van der Waals surface area contributed by atoms with Crippen molar-refractivity contribution in [2.24, 2.45) is 0 Å². The van der Waals surface area contributed by atoms with Gasteiger partial charge >= 0.3 is 0 Å². The highest BCUT2D eigenvalue weighted by molar-refractivity contribution is 7.92. The van der Waals surface area contributed by atoms with Crippen molar-refractivity contribution in [2.45, 2.75) is 50.5 Å². The fourth-order valence-corrected chi connectivity index (χ4v) is 5.90. The van der Waals surface area contributed by atoms with E-state index in [-0.39, 0.29) is 27.1 Å². The number of methoxy groups -OCH3 is 1. The molecular formula is C28H33ClN2O4S. The Labute approximate surface area is 219 Å². The summed E-state index contributed by atoms with van der Waals surface area (Å²) in [5.74, 6) is 0.00306. The Hall–Kier alpha value is -3.03. The highest BCUT2D eigenvalue weighted by Crippen LogP contribution is 2.32. The first-order valence-electron chi connectivity index (χ1n) is 11.7. The zero-order valence-corrected chi connectivity index (χ0v) is 22.9. The van der Waals surface area contributed by atoms with Crippen LogP contribution in [0.4, 0.5) is 5.69 Å². The van der Waals surface area contributed by atoms with E-state index in [0.29, 0.717) is 12.2 Å². The number of amides is 1. The van der Waals surface area contributed by atoms with E-state index in [1.54, 1.807) is 24.3 Å². The van der Waals surface area contributed by atoms with Gasteiger partial charge in [-0.3, -0.25) is 9.10 Å². The van der Waals surface area contributed by atoms with E-state index in [0.717, 1.165) is 9.87 Å². The molecule has 1 amide bonds. The number of ether oxygens (including phenoxy) is 1. The summed E-state index contributed by atoms with van der Waals surface area (Å²) >= 11 is 6.30. The highest BCUT2D eigenvalue weighted by Gasteiger charge is 2.29. The van der Waals surface area contributed by atoms with Gasteiger partial charge < -0.3 is 10.1 Å². The fourth-order valence-electron chi connectivity index (χ4n) is 4.24. The molecule has 0 aliphatic rings. The molecule has 3 aromatic rings. The van der Waals surface area contributed by atoms with Crippen LogP contribution >= 0.6 is 11.6 Å². The summed E-state index contributed by atoms with van der Waals surface area (Å²) in [5, 5.41) is 3.22. The fraction of sp³-hybridized carbons (Fsp3) is 0.321. The second-order valence-corrected chi connectivity index (χ2v) is 11.8. The number of aryl methyl sites for hydroxylation is 1. The van der Waals surface area contributed by atoms with Gasteiger partial charge in [0.1, 0.15) is 12.3 Å². The Morgan fingerprint density at radius 2 is 1.69 bits per heavy atom. The van der Waals surface area contributed by atoms with E-state index >= 15 is 0 Å². The quantitative estimate of drug-likeness (QED) is 0.365. The summed E-state index contributed by atoms with van der Waals surface area (Å²) in [5.41, 5.74) is 2.20. The number of carbonyl (C=O) groups is 1. The molecule has 0 saturated carbocycles. The number of rotatable bonds is 10. The molecular weight excluding hydrogens is 496 g/mol. The van der Waals surface area contributed by atoms with Gasteiger partial charge in [0.05, 0.1) is 22.7 Å². The number of hydrogen-bond acceptors (Lipinski definition) is 4. The molecule has 1 atom stereocenters. The third-order valence-corrected chi connectivity index (χ3v) is 8.18. The average molecular weight is 529 g/mol. The van der Waals surface area contributed by atoms with E-state index in [9.17, 15) is 13.2 Å². The lowest BCUT2D eigenvalue weighted by Gasteiger charge is -2.30. The van der Waals surface area contributed by atoms with Crippen LogP contribution in [-0.2, 0) is 20.2 Å². The van der Waals surface area contributed by atoms with Gasteiger partial charge in [-0.05, 0) is 61.6 Å². The minimum Gasteiger partial charge on any atom is -0.495 e. The maximum Gasteiger partial charge on any atom is 0.264 e. The number of benzene rings is 3. The molecule has 0 spiro atoms. The predicted octanol–water partition coefficient (Wildman–Crippen LogP) is 5.72. The van der Waals surface area contributed by atoms with Gasteiger partial charge in [-0.15, -0.1) is 0 Å². The largest absolute Gasteiger partial charge is 0.495 e. The van der Waals surface area contributed by atoms with E-state index in [1.807, 2.05) is 32.0 Å². The van der Waals surface area contributed by atoms with Gasteiger partial charge in [-0.1, -0.05) is 73.5 Å². The summed E-state index contributed by atoms with van der Waals surface area (Å²) in [6.07, 6.45) is 0.682. The van der Waals surface area contributed by atoms with E-state index in [1.165, 1.54) is 30.9 Å². The average Bonchev–Trinajstić information content (AvgIpc) is 2.83. The van der Waals surface area contributed by atoms with Crippen LogP contribution in [0.15, 0.2) is 77.7 Å². The monoisotopic (exact) mass is 528 g/mol. The highest BCUT2D eigenvalue weighted by atomic mass is 35.5. The predicted molar refractivity (Wildman–Crippen MR) is 145 cm³/mol. The Balaban J connectivity index is 1.85. The molecule has 0 heterocycles. The number of halogens is 1. The van der Waals surface area contributed by atoms with E-state index in [2.05, 4.69) is 31.3 Å². The standard InChI is InChI=1S/C28H33ClN2O4S/c1-20-11-14-24(15-12-20)36(33,34)31(23-13-16-26(35-5)25(29)17-23)19-27(32)30-21(2)18-28(3,4)22-9-7-6-8-10-22/h6-17,21H,18-19H2,1-5H3,(H,30,32). The van der Waals surface area contributed by atoms with Crippen LogP contribution in [-0.4, -0.2) is 34.0 Å². The smallest absolute Gasteiger partial charge is 0.264 e. The molecule has 3 aromatic carbocycles. The number of carbonyl (C=O) groups excluding carboxylic acids is 1. The molecule has 36 heavy (non-hydrogen) atoms. The Bertz CT molecular complexity index is 1290. The maximum absolute atomic E-state index is 13.6. The SMILES string of the molecule is COc1ccc(N(CC(=O)NC(C)CC(C)(C)c2ccccc2)S(=O)(=O)c2ccc(C)cc2)cc1Cl. The third kappa shape index (κ3) is 6.59. The lowest BCUT2D eigenvalue weighted by Crippen LogP contribution is -2.45. The van der Waals surface area contributed by atoms with Gasteiger partial charge in [0.25, 0.3) is 10.0 Å². The molecule has 8 heteroatoms. The van der Waals surface area contributed by atoms with Crippen LogP contribution in [0.3, 0.4) is 0 Å². The molecule has 0 fully saturated rings. The zero-order valence-electron chi connectivity index (χ0n) is 21.3. The minimum absolute atomic E-state index is 0.0890. The van der Waals surface area contributed by atoms with Crippen LogP contribution in [0.2, 0.25) is 5.02 Å². The van der Waals surface area contributed by atoms with E-state index in [4.69, 9.17) is 16.3 Å². The van der Waals surface area contributed by atoms with Gasteiger partial charge in [0, 0.05) is 6.04 Å². The molecule has 1 unspecified atom stereocenters. The molecule has 0 aromatic heterocycles. The topological polar surface area (TPSA) is 75.7 Å². The van der Waals surface area contributed by atoms with Crippen molar-refractivity contribution in [3.8, 4) is 5.75 Å². The third-order valence-electron chi connectivity index (χ3n) is 6.10. The summed E-state index contributed by atoms with van der Waals surface area (Å²) in [4.78, 5) is 13.2. The van der Waals surface area contributed by atoms with Crippen molar-refractivity contribution in [1.29, 1.82) is 0 Å². The van der Waals surface area contributed by atoms with Crippen LogP contribution in [0.5, 0.6) is 5.75 Å². The molecule has 0 radical (unpaired) electrons. The van der Waals surface area contributed by atoms with Crippen molar-refractivity contribution in [1.82, 2.24) is 5.32 Å². The summed E-state index contributed by atoms with van der Waals surface area (Å²) in [6.45, 7) is 7.65. The van der Waals surface area contributed by atoms with Crippen LogP contribution in [0.1, 0.15) is 38.3 Å². The molecule has 0 aliphatic carbocycles. The Morgan fingerprint density at radius 1 is 1.06 bits per heavy atom. The minimum atomic E-state index is -4.04. The molecule has 0 saturated heterocycles. The van der Waals surface area contributed by atoms with Gasteiger partial charge in [0.15, 0.2) is 0 Å². The van der Waals surface area contributed by atoms with Crippen molar-refractivity contribution < 1.29 is 17.9 Å². The number of nitrogens with one attached hydrogen (secondary N) is 1. The second-order valence-electron chi connectivity index (χ2n) is 9.57. The molecule has 192 valence electrons.